The Hall–Kier alpha value is -3.76. The first-order chi connectivity index (χ1) is 18.6. The van der Waals surface area contributed by atoms with Crippen LogP contribution in [0.5, 0.6) is 0 Å². The second kappa shape index (κ2) is 10.4. The molecule has 0 spiro atoms. The van der Waals surface area contributed by atoms with Crippen molar-refractivity contribution >= 4 is 34.5 Å². The Bertz CT molecular complexity index is 1390. The molecule has 9 nitrogen and oxygen atoms in total. The van der Waals surface area contributed by atoms with Crippen molar-refractivity contribution in [3.63, 3.8) is 0 Å². The van der Waals surface area contributed by atoms with Crippen LogP contribution in [0.4, 0.5) is 25.1 Å². The lowest BCUT2D eigenvalue weighted by Gasteiger charge is -2.34. The fraction of sp³-hybridized carbons (Fsp3) is 0.500. The van der Waals surface area contributed by atoms with E-state index in [9.17, 15) is 18.4 Å². The number of aryl methyl sites for hydroxylation is 1. The molecule has 0 radical (unpaired) electrons. The Labute approximate surface area is 225 Å². The minimum absolute atomic E-state index is 0.0462. The third-order valence-electron chi connectivity index (χ3n) is 7.22. The number of anilines is 2. The van der Waals surface area contributed by atoms with E-state index in [0.717, 1.165) is 22.9 Å². The van der Waals surface area contributed by atoms with Gasteiger partial charge < -0.3 is 19.3 Å². The maximum absolute atomic E-state index is 14.0. The minimum atomic E-state index is -2.83. The van der Waals surface area contributed by atoms with Crippen LogP contribution >= 0.6 is 0 Å². The molecule has 11 heteroatoms. The summed E-state index contributed by atoms with van der Waals surface area (Å²) in [6.07, 6.45) is 3.13. The van der Waals surface area contributed by atoms with Crippen LogP contribution in [0.15, 0.2) is 30.6 Å². The van der Waals surface area contributed by atoms with E-state index in [2.05, 4.69) is 4.98 Å². The van der Waals surface area contributed by atoms with Crippen molar-refractivity contribution in [2.75, 3.05) is 31.6 Å². The van der Waals surface area contributed by atoms with Gasteiger partial charge in [0.05, 0.1) is 29.6 Å². The Morgan fingerprint density at radius 1 is 1.13 bits per heavy atom. The molecular formula is C28H33F2N5O4. The summed E-state index contributed by atoms with van der Waals surface area (Å²) in [5.41, 5.74) is 1.28. The number of rotatable bonds is 4. The first-order valence-corrected chi connectivity index (χ1v) is 13.2. The number of ether oxygens (including phenoxy) is 2. The summed E-state index contributed by atoms with van der Waals surface area (Å²) in [7, 11) is 1.19. The number of esters is 1. The number of benzene rings is 1. The standard InChI is InChI=1S/C28H33F2N5O4/c1-28(2,3)39-27(37)33-12-8-18(9-13-33)35-22-7-10-31-16-21(22)25(32-35)34-11-5-6-17-14-20(26(36)38-4)19(24(29)30)15-23(17)34/h7,10,14-16,18,24H,5-6,8-9,11-13H2,1-4H3. The van der Waals surface area contributed by atoms with E-state index < -0.39 is 18.0 Å². The monoisotopic (exact) mass is 541 g/mol. The van der Waals surface area contributed by atoms with Crippen LogP contribution in [-0.2, 0) is 15.9 Å². The number of alkyl halides is 2. The second-order valence-electron chi connectivity index (χ2n) is 11.0. The lowest BCUT2D eigenvalue weighted by atomic mass is 9.95. The molecule has 208 valence electrons. The third kappa shape index (κ3) is 5.26. The summed E-state index contributed by atoms with van der Waals surface area (Å²) in [5, 5.41) is 5.82. The molecule has 0 aliphatic carbocycles. The third-order valence-corrected chi connectivity index (χ3v) is 7.22. The first-order valence-electron chi connectivity index (χ1n) is 13.2. The number of carbonyl (C=O) groups excluding carboxylic acids is 2. The molecule has 2 aromatic heterocycles. The van der Waals surface area contributed by atoms with Gasteiger partial charge in [0.1, 0.15) is 5.60 Å². The molecule has 2 aliphatic heterocycles. The Morgan fingerprint density at radius 3 is 2.54 bits per heavy atom. The van der Waals surface area contributed by atoms with Crippen molar-refractivity contribution in [3.8, 4) is 0 Å². The van der Waals surface area contributed by atoms with Gasteiger partial charge in [0, 0.05) is 43.3 Å². The van der Waals surface area contributed by atoms with E-state index in [-0.39, 0.29) is 23.3 Å². The van der Waals surface area contributed by atoms with Gasteiger partial charge >= 0.3 is 12.1 Å². The molecular weight excluding hydrogens is 508 g/mol. The molecule has 0 unspecified atom stereocenters. The first kappa shape index (κ1) is 26.8. The molecule has 1 aromatic carbocycles. The maximum Gasteiger partial charge on any atom is 0.410 e. The molecule has 1 amide bonds. The lowest BCUT2D eigenvalue weighted by Crippen LogP contribution is -2.42. The Kier molecular flexibility index (Phi) is 7.17. The zero-order chi connectivity index (χ0) is 27.9. The molecule has 0 N–H and O–H groups in total. The minimum Gasteiger partial charge on any atom is -0.465 e. The predicted molar refractivity (Wildman–Crippen MR) is 142 cm³/mol. The lowest BCUT2D eigenvalue weighted by molar-refractivity contribution is 0.0186. The van der Waals surface area contributed by atoms with Gasteiger partial charge in [-0.1, -0.05) is 0 Å². The topological polar surface area (TPSA) is 89.8 Å². The highest BCUT2D eigenvalue weighted by molar-refractivity contribution is 5.95. The quantitative estimate of drug-likeness (QED) is 0.385. The molecule has 4 heterocycles. The van der Waals surface area contributed by atoms with Gasteiger partial charge in [0.2, 0.25) is 0 Å². The Morgan fingerprint density at radius 2 is 1.87 bits per heavy atom. The molecule has 1 fully saturated rings. The van der Waals surface area contributed by atoms with Gasteiger partial charge in [0.15, 0.2) is 5.82 Å². The van der Waals surface area contributed by atoms with Gasteiger partial charge in [0.25, 0.3) is 6.43 Å². The summed E-state index contributed by atoms with van der Waals surface area (Å²) in [6, 6.07) is 4.87. The Balaban J connectivity index is 1.48. The van der Waals surface area contributed by atoms with Gasteiger partial charge in [-0.05, 0) is 70.2 Å². The predicted octanol–water partition coefficient (Wildman–Crippen LogP) is 5.81. The van der Waals surface area contributed by atoms with Crippen molar-refractivity contribution in [2.24, 2.45) is 0 Å². The van der Waals surface area contributed by atoms with Crippen molar-refractivity contribution in [1.82, 2.24) is 19.7 Å². The largest absolute Gasteiger partial charge is 0.465 e. The number of piperidine rings is 1. The molecule has 39 heavy (non-hydrogen) atoms. The SMILES string of the molecule is COC(=O)c1cc2c(cc1C(F)F)N(c1nn(C3CCN(C(=O)OC(C)(C)C)CC3)c3ccncc13)CCC2. The van der Waals surface area contributed by atoms with Gasteiger partial charge in [-0.25, -0.2) is 18.4 Å². The molecule has 2 aliphatic rings. The van der Waals surface area contributed by atoms with E-state index in [1.165, 1.54) is 19.2 Å². The number of pyridine rings is 1. The van der Waals surface area contributed by atoms with E-state index in [0.29, 0.717) is 50.4 Å². The highest BCUT2D eigenvalue weighted by atomic mass is 19.3. The van der Waals surface area contributed by atoms with Crippen LogP contribution in [0.2, 0.25) is 0 Å². The average Bonchev–Trinajstić information content (AvgIpc) is 3.30. The second-order valence-corrected chi connectivity index (χ2v) is 11.0. The number of halogens is 2. The fourth-order valence-electron chi connectivity index (χ4n) is 5.40. The zero-order valence-corrected chi connectivity index (χ0v) is 22.6. The average molecular weight is 542 g/mol. The number of nitrogens with zero attached hydrogens (tertiary/aromatic N) is 5. The zero-order valence-electron chi connectivity index (χ0n) is 22.6. The summed E-state index contributed by atoms with van der Waals surface area (Å²) in [4.78, 5) is 32.8. The van der Waals surface area contributed by atoms with Crippen LogP contribution in [0.1, 0.15) is 74.0 Å². The number of likely N-dealkylation sites (tertiary alicyclic amines) is 1. The molecule has 0 saturated carbocycles. The molecule has 0 bridgehead atoms. The van der Waals surface area contributed by atoms with E-state index >= 15 is 0 Å². The highest BCUT2D eigenvalue weighted by Crippen LogP contribution is 2.41. The van der Waals surface area contributed by atoms with Gasteiger partial charge in [-0.2, -0.15) is 5.10 Å². The van der Waals surface area contributed by atoms with Crippen LogP contribution in [-0.4, -0.2) is 64.1 Å². The number of aromatic nitrogens is 3. The van der Waals surface area contributed by atoms with Crippen molar-refractivity contribution in [2.45, 2.75) is 64.5 Å². The maximum atomic E-state index is 14.0. The van der Waals surface area contributed by atoms with Crippen molar-refractivity contribution < 1.29 is 27.8 Å². The van der Waals surface area contributed by atoms with E-state index in [1.807, 2.05) is 36.4 Å². The van der Waals surface area contributed by atoms with Crippen LogP contribution in [0, 0.1) is 0 Å². The number of amides is 1. The summed E-state index contributed by atoms with van der Waals surface area (Å²) >= 11 is 0. The molecule has 3 aromatic rings. The fourth-order valence-corrected chi connectivity index (χ4v) is 5.40. The summed E-state index contributed by atoms with van der Waals surface area (Å²) in [6.45, 7) is 7.22. The van der Waals surface area contributed by atoms with Crippen LogP contribution in [0.25, 0.3) is 10.9 Å². The number of carbonyl (C=O) groups is 2. The highest BCUT2D eigenvalue weighted by Gasteiger charge is 2.32. The van der Waals surface area contributed by atoms with Gasteiger partial charge in [-0.3, -0.25) is 9.67 Å². The van der Waals surface area contributed by atoms with Gasteiger partial charge in [-0.15, -0.1) is 0 Å². The smallest absolute Gasteiger partial charge is 0.410 e. The molecule has 0 atom stereocenters. The van der Waals surface area contributed by atoms with Crippen LogP contribution < -0.4 is 4.90 Å². The number of hydrogen-bond donors (Lipinski definition) is 0. The number of fused-ring (bicyclic) bond motifs is 2. The normalized spacial score (nSPS) is 16.5. The summed E-state index contributed by atoms with van der Waals surface area (Å²) < 4.78 is 40.3. The van der Waals surface area contributed by atoms with Crippen molar-refractivity contribution in [3.05, 3.63) is 47.3 Å². The number of methoxy groups -OCH3 is 1. The molecule has 5 rings (SSSR count). The molecule has 1 saturated heterocycles. The van der Waals surface area contributed by atoms with E-state index in [1.54, 1.807) is 17.3 Å². The van der Waals surface area contributed by atoms with Crippen molar-refractivity contribution in [1.29, 1.82) is 0 Å². The van der Waals surface area contributed by atoms with E-state index in [4.69, 9.17) is 14.6 Å². The summed E-state index contributed by atoms with van der Waals surface area (Å²) in [5.74, 6) is -0.137. The number of hydrogen-bond acceptors (Lipinski definition) is 7. The van der Waals surface area contributed by atoms with Crippen LogP contribution in [0.3, 0.4) is 0 Å².